The highest BCUT2D eigenvalue weighted by Gasteiger charge is 2.23. The lowest BCUT2D eigenvalue weighted by atomic mass is 10.0. The summed E-state index contributed by atoms with van der Waals surface area (Å²) < 4.78 is 4.53. The molecule has 0 aromatic carbocycles. The molecule has 3 heteroatoms. The first-order valence-electron chi connectivity index (χ1n) is 3.54. The van der Waals surface area contributed by atoms with E-state index in [2.05, 4.69) is 10.5 Å². The van der Waals surface area contributed by atoms with Crippen molar-refractivity contribution in [2.75, 3.05) is 7.11 Å². The number of carbonyl (C=O) groups excluding carboxylic acids is 1. The highest BCUT2D eigenvalue weighted by Crippen LogP contribution is 2.04. The molecule has 3 nitrogen and oxygen atoms in total. The molecule has 2 atom stereocenters. The smallest absolute Gasteiger partial charge is 0.364 e. The van der Waals surface area contributed by atoms with Gasteiger partial charge >= 0.3 is 5.97 Å². The van der Waals surface area contributed by atoms with Crippen LogP contribution in [0, 0.1) is 5.92 Å². The zero-order chi connectivity index (χ0) is 8.15. The number of rotatable bonds is 3. The van der Waals surface area contributed by atoms with Gasteiger partial charge in [-0.3, -0.25) is 0 Å². The van der Waals surface area contributed by atoms with Crippen molar-refractivity contribution in [2.24, 2.45) is 5.92 Å². The second kappa shape index (κ2) is 4.28. The molecule has 2 unspecified atom stereocenters. The van der Waals surface area contributed by atoms with Crippen LogP contribution in [0.5, 0.6) is 0 Å². The predicted octanol–water partition coefficient (Wildman–Crippen LogP) is -0.184. The van der Waals surface area contributed by atoms with Gasteiger partial charge in [0.15, 0.2) is 6.04 Å². The van der Waals surface area contributed by atoms with Gasteiger partial charge in [-0.15, -0.1) is 0 Å². The van der Waals surface area contributed by atoms with Gasteiger partial charge in [0.25, 0.3) is 0 Å². The van der Waals surface area contributed by atoms with Crippen molar-refractivity contribution >= 4 is 5.97 Å². The summed E-state index contributed by atoms with van der Waals surface area (Å²) in [6.07, 6.45) is 0.962. The summed E-state index contributed by atoms with van der Waals surface area (Å²) in [7, 11) is 1.39. The van der Waals surface area contributed by atoms with Gasteiger partial charge in [0, 0.05) is 5.92 Å². The van der Waals surface area contributed by atoms with Crippen LogP contribution in [0.15, 0.2) is 0 Å². The molecule has 0 heterocycles. The Kier molecular flexibility index (Phi) is 4.03. The van der Waals surface area contributed by atoms with Crippen molar-refractivity contribution in [1.29, 1.82) is 0 Å². The highest BCUT2D eigenvalue weighted by molar-refractivity contribution is 5.74. The zero-order valence-corrected chi connectivity index (χ0v) is 6.89. The fourth-order valence-corrected chi connectivity index (χ4v) is 0.668. The number of carbonyl (C=O) groups is 1. The van der Waals surface area contributed by atoms with Crippen LogP contribution in [-0.4, -0.2) is 19.1 Å². The fraction of sp³-hybridized carbons (Fsp3) is 0.857. The van der Waals surface area contributed by atoms with E-state index in [0.29, 0.717) is 5.92 Å². The fourth-order valence-electron chi connectivity index (χ4n) is 0.668. The summed E-state index contributed by atoms with van der Waals surface area (Å²) in [6.45, 7) is 4.03. The van der Waals surface area contributed by atoms with Crippen LogP contribution < -0.4 is 5.73 Å². The van der Waals surface area contributed by atoms with E-state index in [1.54, 1.807) is 0 Å². The van der Waals surface area contributed by atoms with Crippen LogP contribution in [0.3, 0.4) is 0 Å². The summed E-state index contributed by atoms with van der Waals surface area (Å²) in [4.78, 5) is 10.8. The van der Waals surface area contributed by atoms with Crippen molar-refractivity contribution < 1.29 is 15.3 Å². The Morgan fingerprint density at radius 3 is 2.50 bits per heavy atom. The predicted molar refractivity (Wildman–Crippen MR) is 38.1 cm³/mol. The molecule has 0 rings (SSSR count). The number of esters is 1. The molecule has 10 heavy (non-hydrogen) atoms. The molecule has 0 fully saturated rings. The average molecular weight is 146 g/mol. The maximum atomic E-state index is 10.8. The molecule has 0 saturated heterocycles. The largest absolute Gasteiger partial charge is 0.465 e. The maximum Gasteiger partial charge on any atom is 0.364 e. The van der Waals surface area contributed by atoms with E-state index < -0.39 is 0 Å². The zero-order valence-electron chi connectivity index (χ0n) is 6.89. The highest BCUT2D eigenvalue weighted by atomic mass is 16.5. The molecule has 60 valence electrons. The Bertz CT molecular complexity index is 114. The van der Waals surface area contributed by atoms with Gasteiger partial charge in [-0.25, -0.2) is 4.79 Å². The Hall–Kier alpha value is -0.570. The molecule has 0 aliphatic carbocycles. The summed E-state index contributed by atoms with van der Waals surface area (Å²) in [5.74, 6) is 0.0989. The second-order valence-electron chi connectivity index (χ2n) is 2.52. The minimum atomic E-state index is -0.214. The molecular formula is C7H16NO2+. The van der Waals surface area contributed by atoms with Crippen molar-refractivity contribution in [3.63, 3.8) is 0 Å². The van der Waals surface area contributed by atoms with Crippen LogP contribution in [-0.2, 0) is 9.53 Å². The third-order valence-corrected chi connectivity index (χ3v) is 1.83. The van der Waals surface area contributed by atoms with Crippen molar-refractivity contribution in [2.45, 2.75) is 26.3 Å². The van der Waals surface area contributed by atoms with Gasteiger partial charge in [0.2, 0.25) is 0 Å². The number of quaternary nitrogens is 1. The lowest BCUT2D eigenvalue weighted by Crippen LogP contribution is -2.68. The number of methoxy groups -OCH3 is 1. The molecule has 0 aromatic heterocycles. The van der Waals surface area contributed by atoms with E-state index >= 15 is 0 Å². The lowest BCUT2D eigenvalue weighted by molar-refractivity contribution is -0.419. The van der Waals surface area contributed by atoms with E-state index in [1.807, 2.05) is 13.8 Å². The topological polar surface area (TPSA) is 53.9 Å². The molecule has 0 aliphatic heterocycles. The van der Waals surface area contributed by atoms with E-state index in [4.69, 9.17) is 0 Å². The summed E-state index contributed by atoms with van der Waals surface area (Å²) >= 11 is 0. The first kappa shape index (κ1) is 9.43. The first-order chi connectivity index (χ1) is 4.63. The Labute approximate surface area is 61.5 Å². The minimum Gasteiger partial charge on any atom is -0.465 e. The first-order valence-corrected chi connectivity index (χ1v) is 3.54. The molecule has 0 radical (unpaired) electrons. The van der Waals surface area contributed by atoms with Gasteiger partial charge in [0.1, 0.15) is 0 Å². The van der Waals surface area contributed by atoms with Crippen LogP contribution in [0.4, 0.5) is 0 Å². The summed E-state index contributed by atoms with van der Waals surface area (Å²) in [5.41, 5.74) is 3.70. The van der Waals surface area contributed by atoms with Crippen LogP contribution >= 0.6 is 0 Å². The van der Waals surface area contributed by atoms with Gasteiger partial charge in [0.05, 0.1) is 7.11 Å². The standard InChI is InChI=1S/C7H15NO2/c1-4-5(2)6(8)7(9)10-3/h5-6H,4,8H2,1-3H3/p+1. The van der Waals surface area contributed by atoms with Gasteiger partial charge < -0.3 is 10.5 Å². The number of hydrogen-bond acceptors (Lipinski definition) is 2. The van der Waals surface area contributed by atoms with E-state index in [1.165, 1.54) is 7.11 Å². The van der Waals surface area contributed by atoms with E-state index in [9.17, 15) is 4.79 Å². The van der Waals surface area contributed by atoms with Crippen molar-refractivity contribution in [3.05, 3.63) is 0 Å². The van der Waals surface area contributed by atoms with Crippen LogP contribution in [0.1, 0.15) is 20.3 Å². The number of hydrogen-bond donors (Lipinski definition) is 1. The van der Waals surface area contributed by atoms with Gasteiger partial charge in [-0.1, -0.05) is 13.8 Å². The molecule has 0 saturated carbocycles. The molecule has 0 aliphatic rings. The Morgan fingerprint density at radius 1 is 1.70 bits per heavy atom. The maximum absolute atomic E-state index is 10.8. The second-order valence-corrected chi connectivity index (χ2v) is 2.52. The van der Waals surface area contributed by atoms with E-state index in [0.717, 1.165) is 6.42 Å². The normalized spacial score (nSPS) is 16.0. The molecule has 3 N–H and O–H groups in total. The summed E-state index contributed by atoms with van der Waals surface area (Å²) in [5, 5.41) is 0. The summed E-state index contributed by atoms with van der Waals surface area (Å²) in [6, 6.07) is -0.213. The average Bonchev–Trinajstić information content (AvgIpc) is 2.00. The Morgan fingerprint density at radius 2 is 2.20 bits per heavy atom. The third kappa shape index (κ3) is 2.35. The molecule has 0 aromatic rings. The van der Waals surface area contributed by atoms with Crippen molar-refractivity contribution in [3.8, 4) is 0 Å². The molecule has 0 bridgehead atoms. The van der Waals surface area contributed by atoms with Crippen LogP contribution in [0.25, 0.3) is 0 Å². The molecular weight excluding hydrogens is 130 g/mol. The number of ether oxygens (including phenoxy) is 1. The SMILES string of the molecule is CCC(C)C([NH3+])C(=O)OC. The van der Waals surface area contributed by atoms with Crippen molar-refractivity contribution in [1.82, 2.24) is 0 Å². The lowest BCUT2D eigenvalue weighted by Gasteiger charge is -2.11. The van der Waals surface area contributed by atoms with Gasteiger partial charge in [-0.05, 0) is 6.42 Å². The quantitative estimate of drug-likeness (QED) is 0.561. The van der Waals surface area contributed by atoms with Crippen LogP contribution in [0.2, 0.25) is 0 Å². The monoisotopic (exact) mass is 146 g/mol. The third-order valence-electron chi connectivity index (χ3n) is 1.83. The minimum absolute atomic E-state index is 0.213. The molecule has 0 amide bonds. The molecule has 0 spiro atoms. The van der Waals surface area contributed by atoms with E-state index in [-0.39, 0.29) is 12.0 Å². The van der Waals surface area contributed by atoms with Gasteiger partial charge in [-0.2, -0.15) is 0 Å². The Balaban J connectivity index is 3.81.